The Kier molecular flexibility index (Phi) is 6.65. The van der Waals surface area contributed by atoms with E-state index in [2.05, 4.69) is 12.2 Å². The minimum Gasteiger partial charge on any atom is -0.380 e. The first-order valence-electron chi connectivity index (χ1n) is 7.95. The van der Waals surface area contributed by atoms with Crippen LogP contribution in [-0.4, -0.2) is 48.6 Å². The Morgan fingerprint density at radius 3 is 2.52 bits per heavy atom. The van der Waals surface area contributed by atoms with E-state index in [0.717, 1.165) is 19.4 Å². The van der Waals surface area contributed by atoms with Crippen molar-refractivity contribution in [3.8, 4) is 0 Å². The van der Waals surface area contributed by atoms with Gasteiger partial charge in [0, 0.05) is 25.6 Å². The first kappa shape index (κ1) is 18.0. The van der Waals surface area contributed by atoms with E-state index in [1.165, 1.54) is 0 Å². The Labute approximate surface area is 128 Å². The lowest BCUT2D eigenvalue weighted by atomic mass is 9.86. The van der Waals surface area contributed by atoms with E-state index < -0.39 is 6.04 Å². The van der Waals surface area contributed by atoms with Gasteiger partial charge in [0.1, 0.15) is 6.04 Å². The van der Waals surface area contributed by atoms with Crippen LogP contribution in [0.4, 0.5) is 0 Å². The predicted octanol–water partition coefficient (Wildman–Crippen LogP) is 1.95. The average molecular weight is 298 g/mol. The van der Waals surface area contributed by atoms with Gasteiger partial charge in [0.05, 0.1) is 6.61 Å². The van der Waals surface area contributed by atoms with Crippen molar-refractivity contribution < 1.29 is 14.3 Å². The SMILES string of the molecule is CCCCOCCN1C(=O)C(C(C)(C)C)NC(=O)CC1C. The number of amides is 2. The fourth-order valence-corrected chi connectivity index (χ4v) is 2.47. The molecule has 5 heteroatoms. The lowest BCUT2D eigenvalue weighted by molar-refractivity contribution is -0.138. The quantitative estimate of drug-likeness (QED) is 0.763. The molecule has 1 saturated heterocycles. The summed E-state index contributed by atoms with van der Waals surface area (Å²) in [6.45, 7) is 11.8. The molecule has 1 N–H and O–H groups in total. The van der Waals surface area contributed by atoms with E-state index in [-0.39, 0.29) is 23.3 Å². The van der Waals surface area contributed by atoms with Gasteiger partial charge in [-0.2, -0.15) is 0 Å². The lowest BCUT2D eigenvalue weighted by Gasteiger charge is -2.34. The van der Waals surface area contributed by atoms with E-state index in [1.807, 2.05) is 27.7 Å². The Morgan fingerprint density at radius 1 is 1.29 bits per heavy atom. The van der Waals surface area contributed by atoms with E-state index in [0.29, 0.717) is 19.6 Å². The van der Waals surface area contributed by atoms with Crippen LogP contribution in [0.3, 0.4) is 0 Å². The molecule has 1 rings (SSSR count). The molecule has 0 aromatic carbocycles. The van der Waals surface area contributed by atoms with Crippen molar-refractivity contribution in [2.24, 2.45) is 5.41 Å². The molecule has 21 heavy (non-hydrogen) atoms. The van der Waals surface area contributed by atoms with E-state index >= 15 is 0 Å². The molecule has 0 aromatic heterocycles. The van der Waals surface area contributed by atoms with Crippen LogP contribution in [0.2, 0.25) is 0 Å². The van der Waals surface area contributed by atoms with Gasteiger partial charge in [0.15, 0.2) is 0 Å². The van der Waals surface area contributed by atoms with Crippen LogP contribution in [0.5, 0.6) is 0 Å². The summed E-state index contributed by atoms with van der Waals surface area (Å²) < 4.78 is 5.56. The molecule has 122 valence electrons. The van der Waals surface area contributed by atoms with Gasteiger partial charge in [-0.15, -0.1) is 0 Å². The molecule has 5 nitrogen and oxygen atoms in total. The maximum atomic E-state index is 12.7. The van der Waals surface area contributed by atoms with Crippen molar-refractivity contribution in [2.45, 2.75) is 66.0 Å². The normalized spacial score (nSPS) is 24.0. The van der Waals surface area contributed by atoms with Crippen molar-refractivity contribution >= 4 is 11.8 Å². The first-order valence-corrected chi connectivity index (χ1v) is 7.95. The molecule has 1 aliphatic heterocycles. The van der Waals surface area contributed by atoms with Gasteiger partial charge in [0.2, 0.25) is 11.8 Å². The van der Waals surface area contributed by atoms with Crippen molar-refractivity contribution in [3.05, 3.63) is 0 Å². The molecule has 0 radical (unpaired) electrons. The number of hydrogen-bond donors (Lipinski definition) is 1. The minimum atomic E-state index is -0.467. The Balaban J connectivity index is 2.70. The molecule has 0 aliphatic carbocycles. The fourth-order valence-electron chi connectivity index (χ4n) is 2.47. The Hall–Kier alpha value is -1.10. The topological polar surface area (TPSA) is 58.6 Å². The molecule has 1 heterocycles. The third-order valence-electron chi connectivity index (χ3n) is 3.83. The molecule has 0 bridgehead atoms. The van der Waals surface area contributed by atoms with Crippen LogP contribution in [0.25, 0.3) is 0 Å². The maximum Gasteiger partial charge on any atom is 0.246 e. The second kappa shape index (κ2) is 7.78. The fraction of sp³-hybridized carbons (Fsp3) is 0.875. The molecule has 1 fully saturated rings. The molecule has 0 spiro atoms. The highest BCUT2D eigenvalue weighted by atomic mass is 16.5. The summed E-state index contributed by atoms with van der Waals surface area (Å²) in [5, 5.41) is 2.87. The van der Waals surface area contributed by atoms with Crippen LogP contribution >= 0.6 is 0 Å². The van der Waals surface area contributed by atoms with E-state index in [4.69, 9.17) is 4.74 Å². The number of nitrogens with one attached hydrogen (secondary N) is 1. The zero-order chi connectivity index (χ0) is 16.0. The summed E-state index contributed by atoms with van der Waals surface area (Å²) in [5.74, 6) is -0.0508. The van der Waals surface area contributed by atoms with Crippen LogP contribution < -0.4 is 5.32 Å². The largest absolute Gasteiger partial charge is 0.380 e. The second-order valence-electron chi connectivity index (χ2n) is 6.92. The zero-order valence-corrected chi connectivity index (χ0v) is 14.1. The molecule has 0 saturated carbocycles. The smallest absolute Gasteiger partial charge is 0.246 e. The van der Waals surface area contributed by atoms with Crippen LogP contribution in [0, 0.1) is 5.41 Å². The molecule has 0 aromatic rings. The van der Waals surface area contributed by atoms with Gasteiger partial charge < -0.3 is 15.0 Å². The van der Waals surface area contributed by atoms with E-state index in [9.17, 15) is 9.59 Å². The molecular weight excluding hydrogens is 268 g/mol. The molecule has 2 amide bonds. The summed E-state index contributed by atoms with van der Waals surface area (Å²) in [4.78, 5) is 26.5. The maximum absolute atomic E-state index is 12.7. The molecule has 1 aliphatic rings. The summed E-state index contributed by atoms with van der Waals surface area (Å²) in [6, 6.07) is -0.551. The second-order valence-corrected chi connectivity index (χ2v) is 6.92. The molecule has 2 unspecified atom stereocenters. The van der Waals surface area contributed by atoms with Gasteiger partial charge >= 0.3 is 0 Å². The number of hydrogen-bond acceptors (Lipinski definition) is 3. The number of unbranched alkanes of at least 4 members (excludes halogenated alkanes) is 1. The number of nitrogens with zero attached hydrogens (tertiary/aromatic N) is 1. The standard InChI is InChI=1S/C16H30N2O3/c1-6-7-9-21-10-8-18-12(2)11-13(19)17-14(15(18)20)16(3,4)5/h12,14H,6-11H2,1-5H3,(H,17,19). The monoisotopic (exact) mass is 298 g/mol. The van der Waals surface area contributed by atoms with Crippen molar-refractivity contribution in [3.63, 3.8) is 0 Å². The number of carbonyl (C=O) groups is 2. The average Bonchev–Trinajstić information content (AvgIpc) is 2.47. The Morgan fingerprint density at radius 2 is 1.95 bits per heavy atom. The van der Waals surface area contributed by atoms with Crippen molar-refractivity contribution in [1.29, 1.82) is 0 Å². The summed E-state index contributed by atoms with van der Waals surface area (Å²) in [7, 11) is 0. The van der Waals surface area contributed by atoms with Gasteiger partial charge in [-0.25, -0.2) is 0 Å². The summed E-state index contributed by atoms with van der Waals surface area (Å²) in [6.07, 6.45) is 2.49. The zero-order valence-electron chi connectivity index (χ0n) is 14.1. The highest BCUT2D eigenvalue weighted by molar-refractivity contribution is 5.91. The third kappa shape index (κ3) is 5.30. The van der Waals surface area contributed by atoms with Gasteiger partial charge in [0.25, 0.3) is 0 Å². The van der Waals surface area contributed by atoms with Gasteiger partial charge in [-0.3, -0.25) is 9.59 Å². The number of ether oxygens (including phenoxy) is 1. The summed E-state index contributed by atoms with van der Waals surface area (Å²) in [5.41, 5.74) is -0.294. The Bertz CT molecular complexity index is 363. The highest BCUT2D eigenvalue weighted by Crippen LogP contribution is 2.24. The van der Waals surface area contributed by atoms with E-state index in [1.54, 1.807) is 4.90 Å². The predicted molar refractivity (Wildman–Crippen MR) is 82.9 cm³/mol. The van der Waals surface area contributed by atoms with Crippen LogP contribution in [0.15, 0.2) is 0 Å². The lowest BCUT2D eigenvalue weighted by Crippen LogP contribution is -2.53. The molecule has 2 atom stereocenters. The number of rotatable bonds is 6. The van der Waals surface area contributed by atoms with Crippen LogP contribution in [0.1, 0.15) is 53.9 Å². The van der Waals surface area contributed by atoms with Crippen molar-refractivity contribution in [1.82, 2.24) is 10.2 Å². The summed E-state index contributed by atoms with van der Waals surface area (Å²) >= 11 is 0. The van der Waals surface area contributed by atoms with Gasteiger partial charge in [-0.1, -0.05) is 34.1 Å². The third-order valence-corrected chi connectivity index (χ3v) is 3.83. The first-order chi connectivity index (χ1) is 9.77. The van der Waals surface area contributed by atoms with Gasteiger partial charge in [-0.05, 0) is 18.8 Å². The number of carbonyl (C=O) groups excluding carboxylic acids is 2. The van der Waals surface area contributed by atoms with Crippen molar-refractivity contribution in [2.75, 3.05) is 19.8 Å². The molecular formula is C16H30N2O3. The highest BCUT2D eigenvalue weighted by Gasteiger charge is 2.39. The minimum absolute atomic E-state index is 0.0000541. The van der Waals surface area contributed by atoms with Crippen LogP contribution in [-0.2, 0) is 14.3 Å².